The summed E-state index contributed by atoms with van der Waals surface area (Å²) in [6, 6.07) is 5.55. The fraction of sp³-hybridized carbons (Fsp3) is 0.600. The highest BCUT2D eigenvalue weighted by atomic mass is 16.5. The number of methoxy groups -OCH3 is 1. The predicted molar refractivity (Wildman–Crippen MR) is 125 cm³/mol. The summed E-state index contributed by atoms with van der Waals surface area (Å²) in [5.74, 6) is 0.122. The SMILES string of the molecule is COC(=O)[C@@H]1CCCN(C(=O)[C@H]2CCCN(C(=O)c3ccc4nc(C(C)(C)C)[nH]c4c3)C2)C1. The Bertz CT molecular complexity index is 1050. The predicted octanol–water partition coefficient (Wildman–Crippen LogP) is 3.12. The van der Waals surface area contributed by atoms with E-state index >= 15 is 0 Å². The van der Waals surface area contributed by atoms with E-state index in [0.29, 0.717) is 31.7 Å². The zero-order valence-corrected chi connectivity index (χ0v) is 20.0. The zero-order chi connectivity index (χ0) is 23.8. The number of hydrogen-bond acceptors (Lipinski definition) is 5. The van der Waals surface area contributed by atoms with Crippen LogP contribution in [0.4, 0.5) is 0 Å². The Morgan fingerprint density at radius 1 is 1.03 bits per heavy atom. The Hall–Kier alpha value is -2.90. The Kier molecular flexibility index (Phi) is 6.45. The fourth-order valence-electron chi connectivity index (χ4n) is 4.84. The number of esters is 1. The van der Waals surface area contributed by atoms with Gasteiger partial charge in [0, 0.05) is 37.2 Å². The number of piperidine rings is 2. The third-order valence-corrected chi connectivity index (χ3v) is 6.76. The van der Waals surface area contributed by atoms with E-state index in [1.54, 1.807) is 9.80 Å². The van der Waals surface area contributed by atoms with Crippen LogP contribution in [0.25, 0.3) is 11.0 Å². The fourth-order valence-corrected chi connectivity index (χ4v) is 4.84. The monoisotopic (exact) mass is 454 g/mol. The summed E-state index contributed by atoms with van der Waals surface area (Å²) in [6.45, 7) is 8.39. The number of likely N-dealkylation sites (tertiary alicyclic amines) is 2. The molecule has 0 aliphatic carbocycles. The van der Waals surface area contributed by atoms with Crippen LogP contribution < -0.4 is 0 Å². The highest BCUT2D eigenvalue weighted by molar-refractivity contribution is 5.97. The first-order chi connectivity index (χ1) is 15.7. The molecule has 178 valence electrons. The van der Waals surface area contributed by atoms with Crippen LogP contribution in [0.15, 0.2) is 18.2 Å². The van der Waals surface area contributed by atoms with Gasteiger partial charge in [-0.15, -0.1) is 0 Å². The lowest BCUT2D eigenvalue weighted by Gasteiger charge is -2.37. The van der Waals surface area contributed by atoms with Crippen molar-refractivity contribution in [2.24, 2.45) is 11.8 Å². The molecule has 8 heteroatoms. The largest absolute Gasteiger partial charge is 0.469 e. The van der Waals surface area contributed by atoms with E-state index in [1.807, 2.05) is 18.2 Å². The number of aromatic nitrogens is 2. The minimum absolute atomic E-state index is 0.0416. The first kappa shape index (κ1) is 23.3. The summed E-state index contributed by atoms with van der Waals surface area (Å²) in [7, 11) is 1.39. The lowest BCUT2D eigenvalue weighted by atomic mass is 9.92. The first-order valence-corrected chi connectivity index (χ1v) is 11.8. The maximum atomic E-state index is 13.3. The van der Waals surface area contributed by atoms with Gasteiger partial charge in [-0.3, -0.25) is 14.4 Å². The van der Waals surface area contributed by atoms with E-state index in [4.69, 9.17) is 4.74 Å². The quantitative estimate of drug-likeness (QED) is 0.719. The second-order valence-corrected chi connectivity index (χ2v) is 10.3. The molecule has 0 saturated carbocycles. The van der Waals surface area contributed by atoms with Crippen molar-refractivity contribution in [1.82, 2.24) is 19.8 Å². The van der Waals surface area contributed by atoms with Crippen molar-refractivity contribution in [2.45, 2.75) is 51.9 Å². The third-order valence-electron chi connectivity index (χ3n) is 6.76. The van der Waals surface area contributed by atoms with Crippen molar-refractivity contribution in [3.63, 3.8) is 0 Å². The van der Waals surface area contributed by atoms with Crippen molar-refractivity contribution in [1.29, 1.82) is 0 Å². The Morgan fingerprint density at radius 2 is 1.70 bits per heavy atom. The zero-order valence-electron chi connectivity index (χ0n) is 20.0. The van der Waals surface area contributed by atoms with E-state index < -0.39 is 0 Å². The van der Waals surface area contributed by atoms with Gasteiger partial charge >= 0.3 is 5.97 Å². The molecule has 1 N–H and O–H groups in total. The standard InChI is InChI=1S/C25H34N4O4/c1-25(2,3)24-26-19-10-9-16(13-20(19)27-24)21(30)28-11-5-7-17(14-28)22(31)29-12-6-8-18(15-29)23(32)33-4/h9-10,13,17-18H,5-8,11-12,14-15H2,1-4H3,(H,26,27)/t17-,18+/m0/s1. The van der Waals surface area contributed by atoms with Gasteiger partial charge in [-0.25, -0.2) is 4.98 Å². The van der Waals surface area contributed by atoms with Crippen LogP contribution in [0, 0.1) is 11.8 Å². The molecule has 33 heavy (non-hydrogen) atoms. The van der Waals surface area contributed by atoms with E-state index in [1.165, 1.54) is 7.11 Å². The van der Waals surface area contributed by atoms with Crippen molar-refractivity contribution in [3.05, 3.63) is 29.6 Å². The van der Waals surface area contributed by atoms with Gasteiger partial charge in [-0.05, 0) is 43.9 Å². The summed E-state index contributed by atoms with van der Waals surface area (Å²) in [5.41, 5.74) is 2.18. The molecule has 0 bridgehead atoms. The molecule has 2 fully saturated rings. The van der Waals surface area contributed by atoms with Crippen LogP contribution in [-0.2, 0) is 19.7 Å². The molecule has 0 radical (unpaired) electrons. The molecule has 2 aliphatic heterocycles. The average molecular weight is 455 g/mol. The van der Waals surface area contributed by atoms with Gasteiger partial charge < -0.3 is 19.5 Å². The molecule has 2 saturated heterocycles. The molecule has 2 amide bonds. The van der Waals surface area contributed by atoms with E-state index in [2.05, 4.69) is 30.7 Å². The maximum Gasteiger partial charge on any atom is 0.310 e. The molecule has 2 aliphatic rings. The normalized spacial score (nSPS) is 21.8. The van der Waals surface area contributed by atoms with Gasteiger partial charge in [0.1, 0.15) is 5.82 Å². The smallest absolute Gasteiger partial charge is 0.310 e. The number of imidazole rings is 1. The van der Waals surface area contributed by atoms with Crippen LogP contribution in [0.2, 0.25) is 0 Å². The Labute approximate surface area is 194 Å². The molecule has 2 atom stereocenters. The molecule has 4 rings (SSSR count). The number of H-pyrrole nitrogens is 1. The molecule has 2 aromatic rings. The summed E-state index contributed by atoms with van der Waals surface area (Å²) in [4.78, 5) is 50.0. The minimum Gasteiger partial charge on any atom is -0.469 e. The van der Waals surface area contributed by atoms with E-state index in [0.717, 1.165) is 42.5 Å². The van der Waals surface area contributed by atoms with Crippen LogP contribution in [0.3, 0.4) is 0 Å². The number of aromatic amines is 1. The molecule has 8 nitrogen and oxygen atoms in total. The number of carbonyl (C=O) groups excluding carboxylic acids is 3. The first-order valence-electron chi connectivity index (χ1n) is 11.8. The number of nitrogens with one attached hydrogen (secondary N) is 1. The molecule has 1 aromatic heterocycles. The van der Waals surface area contributed by atoms with Gasteiger partial charge in [0.2, 0.25) is 5.91 Å². The second kappa shape index (κ2) is 9.15. The van der Waals surface area contributed by atoms with Crippen LogP contribution >= 0.6 is 0 Å². The summed E-state index contributed by atoms with van der Waals surface area (Å²) < 4.78 is 4.87. The van der Waals surface area contributed by atoms with Crippen molar-refractivity contribution in [3.8, 4) is 0 Å². The van der Waals surface area contributed by atoms with Crippen LogP contribution in [-0.4, -0.2) is 70.8 Å². The van der Waals surface area contributed by atoms with Gasteiger partial charge in [-0.1, -0.05) is 20.8 Å². The third kappa shape index (κ3) is 4.89. The summed E-state index contributed by atoms with van der Waals surface area (Å²) >= 11 is 0. The lowest BCUT2D eigenvalue weighted by molar-refractivity contribution is -0.150. The maximum absolute atomic E-state index is 13.3. The Morgan fingerprint density at radius 3 is 2.39 bits per heavy atom. The van der Waals surface area contributed by atoms with Crippen molar-refractivity contribution >= 4 is 28.8 Å². The molecule has 0 unspecified atom stereocenters. The van der Waals surface area contributed by atoms with E-state index in [9.17, 15) is 14.4 Å². The number of ether oxygens (including phenoxy) is 1. The minimum atomic E-state index is -0.256. The number of hydrogen-bond donors (Lipinski definition) is 1. The van der Waals surface area contributed by atoms with Crippen LogP contribution in [0.1, 0.15) is 62.6 Å². The van der Waals surface area contributed by atoms with E-state index in [-0.39, 0.29) is 35.0 Å². The molecular weight excluding hydrogens is 420 g/mol. The van der Waals surface area contributed by atoms with Crippen molar-refractivity contribution < 1.29 is 19.1 Å². The highest BCUT2D eigenvalue weighted by Crippen LogP contribution is 2.26. The lowest BCUT2D eigenvalue weighted by Crippen LogP contribution is -2.50. The average Bonchev–Trinajstić information content (AvgIpc) is 3.27. The molecule has 0 spiro atoms. The Balaban J connectivity index is 1.45. The summed E-state index contributed by atoms with van der Waals surface area (Å²) in [5, 5.41) is 0. The topological polar surface area (TPSA) is 95.6 Å². The van der Waals surface area contributed by atoms with Crippen molar-refractivity contribution in [2.75, 3.05) is 33.3 Å². The van der Waals surface area contributed by atoms with Gasteiger partial charge in [0.25, 0.3) is 5.91 Å². The number of carbonyl (C=O) groups is 3. The number of fused-ring (bicyclic) bond motifs is 1. The number of benzene rings is 1. The van der Waals surface area contributed by atoms with Gasteiger partial charge in [-0.2, -0.15) is 0 Å². The van der Waals surface area contributed by atoms with Gasteiger partial charge in [0.15, 0.2) is 0 Å². The second-order valence-electron chi connectivity index (χ2n) is 10.3. The van der Waals surface area contributed by atoms with Gasteiger partial charge in [0.05, 0.1) is 30.0 Å². The number of rotatable bonds is 3. The molecular formula is C25H34N4O4. The number of amides is 2. The highest BCUT2D eigenvalue weighted by Gasteiger charge is 2.35. The molecule has 3 heterocycles. The van der Waals surface area contributed by atoms with Crippen LogP contribution in [0.5, 0.6) is 0 Å². The number of nitrogens with zero attached hydrogens (tertiary/aromatic N) is 3. The summed E-state index contributed by atoms with van der Waals surface area (Å²) in [6.07, 6.45) is 3.09. The molecule has 1 aromatic carbocycles.